The molecule has 0 unspecified atom stereocenters. The minimum Gasteiger partial charge on any atom is -0.372 e. The van der Waals surface area contributed by atoms with Gasteiger partial charge in [-0.25, -0.2) is 18.4 Å². The number of benzene rings is 1. The van der Waals surface area contributed by atoms with Crippen molar-refractivity contribution < 1.29 is 22.7 Å². The number of carbonyl (C=O) groups excluding carboxylic acids is 2. The highest BCUT2D eigenvalue weighted by atomic mass is 32.2. The molecule has 138 valence electrons. The molecule has 8 heteroatoms. The molecular formula is C17H24N2O5S. The van der Waals surface area contributed by atoms with Crippen LogP contribution < -0.4 is 0 Å². The van der Waals surface area contributed by atoms with E-state index in [1.165, 1.54) is 22.2 Å². The third-order valence-electron chi connectivity index (χ3n) is 3.94. The van der Waals surface area contributed by atoms with Gasteiger partial charge in [-0.05, 0) is 25.0 Å². The summed E-state index contributed by atoms with van der Waals surface area (Å²) in [6.45, 7) is 3.24. The van der Waals surface area contributed by atoms with Gasteiger partial charge in [-0.15, -0.1) is 0 Å². The summed E-state index contributed by atoms with van der Waals surface area (Å²) < 4.78 is 29.2. The molecule has 1 fully saturated rings. The maximum Gasteiger partial charge on any atom is 0.273 e. The van der Waals surface area contributed by atoms with Crippen molar-refractivity contribution in [3.05, 3.63) is 29.8 Å². The molecule has 0 bridgehead atoms. The standard InChI is InChI=1S/C17H24N2O5S/c1-3-4-12-24-13-16(20)18-10-7-11-19(18)17(21)14-8-5-6-9-15(14)25(2,22)23/h5-6,8-9H,3-4,7,10-13H2,1-2H3. The summed E-state index contributed by atoms with van der Waals surface area (Å²) in [7, 11) is -3.54. The number of unbranched alkanes of at least 4 members (excludes halogenated alkanes) is 1. The Labute approximate surface area is 148 Å². The first-order chi connectivity index (χ1) is 11.9. The summed E-state index contributed by atoms with van der Waals surface area (Å²) in [5, 5.41) is 2.67. The fraction of sp³-hybridized carbons (Fsp3) is 0.529. The highest BCUT2D eigenvalue weighted by Gasteiger charge is 2.33. The van der Waals surface area contributed by atoms with E-state index in [-0.39, 0.29) is 23.0 Å². The highest BCUT2D eigenvalue weighted by molar-refractivity contribution is 7.90. The molecule has 2 rings (SSSR count). The van der Waals surface area contributed by atoms with E-state index >= 15 is 0 Å². The Balaban J connectivity index is 2.15. The third-order valence-corrected chi connectivity index (χ3v) is 5.09. The minimum absolute atomic E-state index is 0.0292. The molecule has 1 aromatic rings. The largest absolute Gasteiger partial charge is 0.372 e. The van der Waals surface area contributed by atoms with E-state index in [2.05, 4.69) is 0 Å². The second-order valence-electron chi connectivity index (χ2n) is 5.97. The zero-order chi connectivity index (χ0) is 18.4. The van der Waals surface area contributed by atoms with Gasteiger partial charge in [-0.1, -0.05) is 25.5 Å². The molecule has 0 aliphatic carbocycles. The van der Waals surface area contributed by atoms with Gasteiger partial charge in [0.1, 0.15) is 6.61 Å². The van der Waals surface area contributed by atoms with Crippen molar-refractivity contribution in [2.75, 3.05) is 32.6 Å². The van der Waals surface area contributed by atoms with Crippen molar-refractivity contribution in [1.82, 2.24) is 10.0 Å². The van der Waals surface area contributed by atoms with E-state index in [0.29, 0.717) is 26.1 Å². The quantitative estimate of drug-likeness (QED) is 0.681. The topological polar surface area (TPSA) is 84.0 Å². The van der Waals surface area contributed by atoms with E-state index in [1.54, 1.807) is 12.1 Å². The van der Waals surface area contributed by atoms with Crippen LogP contribution >= 0.6 is 0 Å². The molecule has 0 radical (unpaired) electrons. The summed E-state index contributed by atoms with van der Waals surface area (Å²) in [4.78, 5) is 25.1. The van der Waals surface area contributed by atoms with Crippen LogP contribution in [-0.4, -0.2) is 62.8 Å². The predicted octanol–water partition coefficient (Wildman–Crippen LogP) is 1.50. The van der Waals surface area contributed by atoms with Gasteiger partial charge in [0.15, 0.2) is 9.84 Å². The van der Waals surface area contributed by atoms with Gasteiger partial charge in [-0.3, -0.25) is 9.59 Å². The van der Waals surface area contributed by atoms with Crippen molar-refractivity contribution >= 4 is 21.7 Å². The lowest BCUT2D eigenvalue weighted by atomic mass is 10.2. The molecule has 1 saturated heterocycles. The van der Waals surface area contributed by atoms with Crippen LogP contribution in [0, 0.1) is 0 Å². The van der Waals surface area contributed by atoms with Crippen molar-refractivity contribution in [3.8, 4) is 0 Å². The second kappa shape index (κ2) is 8.44. The number of nitrogens with zero attached hydrogens (tertiary/aromatic N) is 2. The van der Waals surface area contributed by atoms with Crippen LogP contribution in [0.5, 0.6) is 0 Å². The van der Waals surface area contributed by atoms with Gasteiger partial charge in [0.05, 0.1) is 10.5 Å². The monoisotopic (exact) mass is 368 g/mol. The van der Waals surface area contributed by atoms with Crippen molar-refractivity contribution in [1.29, 1.82) is 0 Å². The number of hydrogen-bond donors (Lipinski definition) is 0. The average Bonchev–Trinajstić information content (AvgIpc) is 3.07. The average molecular weight is 368 g/mol. The Bertz CT molecular complexity index is 732. The summed E-state index contributed by atoms with van der Waals surface area (Å²) in [6.07, 6.45) is 3.56. The molecule has 0 N–H and O–H groups in total. The fourth-order valence-corrected chi connectivity index (χ4v) is 3.55. The Morgan fingerprint density at radius 1 is 1.16 bits per heavy atom. The molecule has 1 aliphatic heterocycles. The summed E-state index contributed by atoms with van der Waals surface area (Å²) in [5.41, 5.74) is 0.0802. The molecule has 1 aromatic carbocycles. The lowest BCUT2D eigenvalue weighted by Crippen LogP contribution is -2.46. The van der Waals surface area contributed by atoms with Crippen LogP contribution in [0.2, 0.25) is 0 Å². The van der Waals surface area contributed by atoms with Gasteiger partial charge in [-0.2, -0.15) is 0 Å². The van der Waals surface area contributed by atoms with Crippen LogP contribution in [0.25, 0.3) is 0 Å². The van der Waals surface area contributed by atoms with Crippen LogP contribution in [0.1, 0.15) is 36.5 Å². The SMILES string of the molecule is CCCCOCC(=O)N1CCCN1C(=O)c1ccccc1S(C)(=O)=O. The van der Waals surface area contributed by atoms with E-state index in [1.807, 2.05) is 6.92 Å². The number of hydrazine groups is 1. The molecule has 0 atom stereocenters. The molecule has 2 amide bonds. The highest BCUT2D eigenvalue weighted by Crippen LogP contribution is 2.21. The first-order valence-electron chi connectivity index (χ1n) is 8.35. The zero-order valence-electron chi connectivity index (χ0n) is 14.6. The number of amides is 2. The molecule has 1 aliphatic rings. The first-order valence-corrected chi connectivity index (χ1v) is 10.2. The molecule has 0 spiro atoms. The van der Waals surface area contributed by atoms with Crippen LogP contribution in [0.3, 0.4) is 0 Å². The smallest absolute Gasteiger partial charge is 0.273 e. The Kier molecular flexibility index (Phi) is 6.55. The maximum absolute atomic E-state index is 12.8. The van der Waals surface area contributed by atoms with Crippen LogP contribution in [-0.2, 0) is 19.4 Å². The summed E-state index contributed by atoms with van der Waals surface area (Å²) in [5.74, 6) is -0.778. The maximum atomic E-state index is 12.8. The normalized spacial score (nSPS) is 14.8. The van der Waals surface area contributed by atoms with Gasteiger partial charge in [0.25, 0.3) is 11.8 Å². The molecular weight excluding hydrogens is 344 g/mol. The molecule has 7 nitrogen and oxygen atoms in total. The van der Waals surface area contributed by atoms with E-state index in [4.69, 9.17) is 4.74 Å². The molecule has 25 heavy (non-hydrogen) atoms. The fourth-order valence-electron chi connectivity index (χ4n) is 2.67. The van der Waals surface area contributed by atoms with Crippen LogP contribution in [0.4, 0.5) is 0 Å². The Morgan fingerprint density at radius 2 is 1.84 bits per heavy atom. The number of sulfone groups is 1. The summed E-state index contributed by atoms with van der Waals surface area (Å²) in [6, 6.07) is 6.05. The first kappa shape index (κ1) is 19.4. The van der Waals surface area contributed by atoms with Crippen molar-refractivity contribution in [2.45, 2.75) is 31.1 Å². The molecule has 0 aromatic heterocycles. The van der Waals surface area contributed by atoms with E-state index in [9.17, 15) is 18.0 Å². The number of ether oxygens (including phenoxy) is 1. The third kappa shape index (κ3) is 4.79. The number of carbonyl (C=O) groups is 2. The minimum atomic E-state index is -3.54. The zero-order valence-corrected chi connectivity index (χ0v) is 15.4. The lowest BCUT2D eigenvalue weighted by molar-refractivity contribution is -0.145. The molecule has 1 heterocycles. The number of hydrogen-bond acceptors (Lipinski definition) is 5. The van der Waals surface area contributed by atoms with E-state index in [0.717, 1.165) is 19.1 Å². The van der Waals surface area contributed by atoms with Crippen molar-refractivity contribution in [2.24, 2.45) is 0 Å². The van der Waals surface area contributed by atoms with Gasteiger partial charge >= 0.3 is 0 Å². The van der Waals surface area contributed by atoms with E-state index < -0.39 is 15.7 Å². The van der Waals surface area contributed by atoms with Gasteiger partial charge in [0.2, 0.25) is 0 Å². The van der Waals surface area contributed by atoms with Crippen molar-refractivity contribution in [3.63, 3.8) is 0 Å². The van der Waals surface area contributed by atoms with Gasteiger partial charge < -0.3 is 4.74 Å². The summed E-state index contributed by atoms with van der Waals surface area (Å²) >= 11 is 0. The Hall–Kier alpha value is -1.93. The molecule has 0 saturated carbocycles. The predicted molar refractivity (Wildman–Crippen MR) is 92.6 cm³/mol. The number of rotatable bonds is 7. The second-order valence-corrected chi connectivity index (χ2v) is 7.96. The van der Waals surface area contributed by atoms with Gasteiger partial charge in [0, 0.05) is 26.0 Å². The lowest BCUT2D eigenvalue weighted by Gasteiger charge is -2.28. The Morgan fingerprint density at radius 3 is 2.52 bits per heavy atom. The van der Waals surface area contributed by atoms with Crippen LogP contribution in [0.15, 0.2) is 29.2 Å².